The van der Waals surface area contributed by atoms with Crippen LogP contribution in [0, 0.1) is 0 Å². The highest BCUT2D eigenvalue weighted by atomic mass is 19.1. The second-order valence-electron chi connectivity index (χ2n) is 2.29. The Morgan fingerprint density at radius 1 is 1.56 bits per heavy atom. The van der Waals surface area contributed by atoms with Crippen LogP contribution in [0.25, 0.3) is 0 Å². The predicted octanol–water partition coefficient (Wildman–Crippen LogP) is 0.372. The number of hydrogen-bond donors (Lipinski definition) is 0. The summed E-state index contributed by atoms with van der Waals surface area (Å²) in [4.78, 5) is 0. The zero-order valence-electron chi connectivity index (χ0n) is 5.73. The summed E-state index contributed by atoms with van der Waals surface area (Å²) in [6.07, 6.45) is -0.0350. The molecule has 0 amide bonds. The molecule has 0 heterocycles. The number of alkyl halides is 1. The first-order chi connectivity index (χ1) is 3.92. The zero-order valence-corrected chi connectivity index (χ0v) is 5.73. The van der Waals surface area contributed by atoms with Crippen LogP contribution in [0.2, 0.25) is 0 Å². The summed E-state index contributed by atoms with van der Waals surface area (Å²) in [7, 11) is 9.54. The van der Waals surface area contributed by atoms with Crippen LogP contribution in [0.3, 0.4) is 0 Å². The van der Waals surface area contributed by atoms with E-state index in [4.69, 9.17) is 20.4 Å². The van der Waals surface area contributed by atoms with Crippen LogP contribution >= 0.6 is 0 Å². The summed E-state index contributed by atoms with van der Waals surface area (Å²) in [5, 5.41) is 0. The van der Waals surface area contributed by atoms with E-state index in [1.54, 1.807) is 13.8 Å². The standard InChI is InChI=1S/C5H9B2FO/c1-4(2)9-3-5(6,7)8/h4H,3H2,1-2H3. The van der Waals surface area contributed by atoms with Crippen molar-refractivity contribution in [1.82, 2.24) is 0 Å². The predicted molar refractivity (Wildman–Crippen MR) is 36.4 cm³/mol. The summed E-state index contributed by atoms with van der Waals surface area (Å²) in [5.41, 5.74) is -2.19. The van der Waals surface area contributed by atoms with Gasteiger partial charge in [-0.2, -0.15) is 0 Å². The molecule has 0 saturated heterocycles. The lowest BCUT2D eigenvalue weighted by molar-refractivity contribution is 0.0477. The Balaban J connectivity index is 3.28. The average molecular weight is 126 g/mol. The fraction of sp³-hybridized carbons (Fsp3) is 1.00. The van der Waals surface area contributed by atoms with Gasteiger partial charge in [-0.25, -0.2) is 0 Å². The minimum Gasteiger partial charge on any atom is -0.377 e. The molecule has 0 aromatic heterocycles. The van der Waals surface area contributed by atoms with Gasteiger partial charge in [0, 0.05) is 0 Å². The van der Waals surface area contributed by atoms with Gasteiger partial charge >= 0.3 is 0 Å². The van der Waals surface area contributed by atoms with Crippen molar-refractivity contribution < 1.29 is 9.13 Å². The van der Waals surface area contributed by atoms with Gasteiger partial charge in [-0.15, -0.1) is 0 Å². The molecule has 48 valence electrons. The van der Waals surface area contributed by atoms with Gasteiger partial charge < -0.3 is 4.74 Å². The lowest BCUT2D eigenvalue weighted by atomic mass is 9.68. The molecule has 0 bridgehead atoms. The maximum absolute atomic E-state index is 12.2. The highest BCUT2D eigenvalue weighted by Gasteiger charge is 2.14. The van der Waals surface area contributed by atoms with E-state index >= 15 is 0 Å². The van der Waals surface area contributed by atoms with Crippen LogP contribution in [0.4, 0.5) is 4.39 Å². The van der Waals surface area contributed by atoms with Crippen LogP contribution in [0.15, 0.2) is 0 Å². The molecule has 0 aromatic carbocycles. The molecule has 0 aliphatic carbocycles. The van der Waals surface area contributed by atoms with Crippen LogP contribution in [0.1, 0.15) is 13.8 Å². The fourth-order valence-electron chi connectivity index (χ4n) is 0.294. The van der Waals surface area contributed by atoms with E-state index in [-0.39, 0.29) is 12.7 Å². The first-order valence-electron chi connectivity index (χ1n) is 2.80. The molecule has 0 fully saturated rings. The van der Waals surface area contributed by atoms with Crippen molar-refractivity contribution in [3.8, 4) is 0 Å². The van der Waals surface area contributed by atoms with E-state index in [2.05, 4.69) is 0 Å². The van der Waals surface area contributed by atoms with E-state index in [0.717, 1.165) is 0 Å². The van der Waals surface area contributed by atoms with Crippen molar-refractivity contribution in [2.45, 2.75) is 25.4 Å². The Morgan fingerprint density at radius 2 is 2.00 bits per heavy atom. The van der Waals surface area contributed by atoms with Crippen molar-refractivity contribution in [3.05, 3.63) is 0 Å². The number of halogens is 1. The topological polar surface area (TPSA) is 9.23 Å². The summed E-state index contributed by atoms with van der Waals surface area (Å²) in [6.45, 7) is 3.31. The van der Waals surface area contributed by atoms with Crippen molar-refractivity contribution in [1.29, 1.82) is 0 Å². The fourth-order valence-corrected chi connectivity index (χ4v) is 0.294. The second-order valence-corrected chi connectivity index (χ2v) is 2.29. The first-order valence-corrected chi connectivity index (χ1v) is 2.80. The van der Waals surface area contributed by atoms with Crippen LogP contribution in [-0.4, -0.2) is 33.9 Å². The van der Waals surface area contributed by atoms with E-state index < -0.39 is 5.47 Å². The minimum absolute atomic E-state index is 0.0350. The molecule has 0 atom stereocenters. The molecular formula is C5H9B2FO. The van der Waals surface area contributed by atoms with Gasteiger partial charge in [0.15, 0.2) is 0 Å². The molecule has 0 N–H and O–H groups in total. The smallest absolute Gasteiger partial charge is 0.110 e. The number of rotatable bonds is 3. The number of hydrogen-bond acceptors (Lipinski definition) is 1. The summed E-state index contributed by atoms with van der Waals surface area (Å²) < 4.78 is 17.0. The van der Waals surface area contributed by atoms with Gasteiger partial charge in [-0.1, -0.05) is 0 Å². The molecule has 0 aromatic rings. The van der Waals surface area contributed by atoms with Crippen molar-refractivity contribution in [2.75, 3.05) is 6.61 Å². The van der Waals surface area contributed by atoms with Gasteiger partial charge in [0.05, 0.1) is 18.2 Å². The first kappa shape index (κ1) is 9.02. The Morgan fingerprint density at radius 3 is 2.11 bits per heavy atom. The van der Waals surface area contributed by atoms with E-state index in [9.17, 15) is 4.39 Å². The highest BCUT2D eigenvalue weighted by molar-refractivity contribution is 6.39. The van der Waals surface area contributed by atoms with Gasteiger partial charge in [0.1, 0.15) is 15.7 Å². The van der Waals surface area contributed by atoms with Crippen molar-refractivity contribution in [3.63, 3.8) is 0 Å². The van der Waals surface area contributed by atoms with Crippen LogP contribution in [-0.2, 0) is 4.74 Å². The maximum Gasteiger partial charge on any atom is 0.110 e. The largest absolute Gasteiger partial charge is 0.377 e. The lowest BCUT2D eigenvalue weighted by Crippen LogP contribution is -2.31. The third-order valence-electron chi connectivity index (χ3n) is 0.638. The monoisotopic (exact) mass is 126 g/mol. The molecule has 0 aliphatic heterocycles. The molecule has 0 aliphatic rings. The van der Waals surface area contributed by atoms with Gasteiger partial charge in [0.25, 0.3) is 0 Å². The molecule has 9 heavy (non-hydrogen) atoms. The Bertz CT molecular complexity index is 79.5. The van der Waals surface area contributed by atoms with Crippen LogP contribution < -0.4 is 0 Å². The molecule has 0 unspecified atom stereocenters. The average Bonchev–Trinajstić information content (AvgIpc) is 1.59. The van der Waals surface area contributed by atoms with Gasteiger partial charge in [0.2, 0.25) is 0 Å². The normalized spacial score (nSPS) is 12.4. The Hall–Kier alpha value is 0.0199. The SMILES string of the molecule is [B]C([B])(F)COC(C)C. The summed E-state index contributed by atoms with van der Waals surface area (Å²) in [5.74, 6) is 0. The lowest BCUT2D eigenvalue weighted by Gasteiger charge is -2.16. The van der Waals surface area contributed by atoms with Crippen molar-refractivity contribution in [2.24, 2.45) is 0 Å². The Labute approximate surface area is 57.8 Å². The molecule has 1 nitrogen and oxygen atoms in total. The van der Waals surface area contributed by atoms with E-state index in [1.807, 2.05) is 0 Å². The Kier molecular flexibility index (Phi) is 3.26. The second kappa shape index (κ2) is 3.25. The zero-order chi connectivity index (χ0) is 7.49. The third kappa shape index (κ3) is 8.02. The van der Waals surface area contributed by atoms with Gasteiger partial charge in [-0.3, -0.25) is 4.39 Å². The van der Waals surface area contributed by atoms with Gasteiger partial charge in [-0.05, 0) is 13.8 Å². The third-order valence-corrected chi connectivity index (χ3v) is 0.638. The maximum atomic E-state index is 12.2. The molecule has 4 heteroatoms. The highest BCUT2D eigenvalue weighted by Crippen LogP contribution is 2.01. The molecule has 0 saturated carbocycles. The summed E-state index contributed by atoms with van der Waals surface area (Å²) >= 11 is 0. The molecular weight excluding hydrogens is 117 g/mol. The van der Waals surface area contributed by atoms with E-state index in [0.29, 0.717) is 0 Å². The van der Waals surface area contributed by atoms with E-state index in [1.165, 1.54) is 0 Å². The summed E-state index contributed by atoms with van der Waals surface area (Å²) in [6, 6.07) is 0. The minimum atomic E-state index is -2.19. The molecule has 0 rings (SSSR count). The quantitative estimate of drug-likeness (QED) is 0.496. The molecule has 4 radical (unpaired) electrons. The van der Waals surface area contributed by atoms with Crippen LogP contribution in [0.5, 0.6) is 0 Å². The number of ether oxygens (including phenoxy) is 1. The van der Waals surface area contributed by atoms with Crippen molar-refractivity contribution >= 4 is 15.7 Å². The molecule has 0 spiro atoms.